The van der Waals surface area contributed by atoms with E-state index in [2.05, 4.69) is 65.2 Å². The van der Waals surface area contributed by atoms with Crippen molar-refractivity contribution >= 4 is 15.9 Å². The summed E-state index contributed by atoms with van der Waals surface area (Å²) in [4.78, 5) is 8.26. The number of rotatable bonds is 3. The minimum absolute atomic E-state index is 0.160. The SMILES string of the molecule is CC(C)(C)NCCc1nc2c([nH]1)Cc1c(Br)cccc1-2. The molecule has 0 unspecified atom stereocenters. The summed E-state index contributed by atoms with van der Waals surface area (Å²) in [5.41, 5.74) is 5.15. The van der Waals surface area contributed by atoms with Crippen LogP contribution in [0.4, 0.5) is 0 Å². The van der Waals surface area contributed by atoms with E-state index in [1.165, 1.54) is 21.3 Å². The summed E-state index contributed by atoms with van der Waals surface area (Å²) in [6.45, 7) is 7.50. The molecule has 0 saturated carbocycles. The molecule has 1 aliphatic carbocycles. The zero-order chi connectivity index (χ0) is 14.3. The monoisotopic (exact) mass is 333 g/mol. The minimum atomic E-state index is 0.160. The lowest BCUT2D eigenvalue weighted by atomic mass is 10.1. The lowest BCUT2D eigenvalue weighted by Crippen LogP contribution is -2.37. The molecule has 20 heavy (non-hydrogen) atoms. The molecule has 0 aliphatic heterocycles. The van der Waals surface area contributed by atoms with Gasteiger partial charge in [-0.05, 0) is 32.4 Å². The van der Waals surface area contributed by atoms with Crippen LogP contribution >= 0.6 is 15.9 Å². The van der Waals surface area contributed by atoms with Gasteiger partial charge in [-0.3, -0.25) is 0 Å². The summed E-state index contributed by atoms with van der Waals surface area (Å²) in [6.07, 6.45) is 1.89. The maximum atomic E-state index is 4.78. The summed E-state index contributed by atoms with van der Waals surface area (Å²) in [7, 11) is 0. The van der Waals surface area contributed by atoms with Gasteiger partial charge in [-0.15, -0.1) is 0 Å². The first-order valence-electron chi connectivity index (χ1n) is 7.04. The Morgan fingerprint density at radius 2 is 2.15 bits per heavy atom. The van der Waals surface area contributed by atoms with E-state index >= 15 is 0 Å². The van der Waals surface area contributed by atoms with Crippen molar-refractivity contribution in [1.29, 1.82) is 0 Å². The van der Waals surface area contributed by atoms with Gasteiger partial charge in [0.05, 0.1) is 5.69 Å². The number of H-pyrrole nitrogens is 1. The molecule has 106 valence electrons. The number of nitrogens with zero attached hydrogens (tertiary/aromatic N) is 1. The molecule has 0 spiro atoms. The van der Waals surface area contributed by atoms with Gasteiger partial charge in [-0.2, -0.15) is 0 Å². The van der Waals surface area contributed by atoms with Gasteiger partial charge in [0.15, 0.2) is 0 Å². The van der Waals surface area contributed by atoms with Crippen LogP contribution in [0.3, 0.4) is 0 Å². The van der Waals surface area contributed by atoms with Crippen LogP contribution < -0.4 is 5.32 Å². The lowest BCUT2D eigenvalue weighted by Gasteiger charge is -2.19. The Hall–Kier alpha value is -1.13. The number of hydrogen-bond acceptors (Lipinski definition) is 2. The first-order chi connectivity index (χ1) is 9.44. The Balaban J connectivity index is 1.76. The normalized spacial score (nSPS) is 13.4. The van der Waals surface area contributed by atoms with E-state index in [-0.39, 0.29) is 5.54 Å². The second-order valence-electron chi connectivity index (χ2n) is 6.38. The summed E-state index contributed by atoms with van der Waals surface area (Å²) in [6, 6.07) is 6.33. The van der Waals surface area contributed by atoms with Crippen LogP contribution in [0.15, 0.2) is 22.7 Å². The van der Waals surface area contributed by atoms with Gasteiger partial charge in [0.25, 0.3) is 0 Å². The van der Waals surface area contributed by atoms with Crippen LogP contribution in [-0.2, 0) is 12.8 Å². The summed E-state index contributed by atoms with van der Waals surface area (Å²) >= 11 is 3.62. The number of hydrogen-bond donors (Lipinski definition) is 2. The van der Waals surface area contributed by atoms with Crippen molar-refractivity contribution in [3.05, 3.63) is 39.8 Å². The van der Waals surface area contributed by atoms with E-state index in [4.69, 9.17) is 4.98 Å². The molecule has 3 rings (SSSR count). The molecule has 1 aromatic heterocycles. The molecule has 2 aromatic rings. The predicted molar refractivity (Wildman–Crippen MR) is 86.0 cm³/mol. The number of aromatic nitrogens is 2. The zero-order valence-corrected chi connectivity index (χ0v) is 13.8. The predicted octanol–water partition coefficient (Wildman–Crippen LogP) is 3.67. The van der Waals surface area contributed by atoms with Crippen LogP contribution in [0.25, 0.3) is 11.3 Å². The van der Waals surface area contributed by atoms with Gasteiger partial charge in [0.1, 0.15) is 5.82 Å². The summed E-state index contributed by atoms with van der Waals surface area (Å²) in [5, 5.41) is 3.50. The van der Waals surface area contributed by atoms with Crippen LogP contribution in [0.5, 0.6) is 0 Å². The van der Waals surface area contributed by atoms with Crippen molar-refractivity contribution in [2.24, 2.45) is 0 Å². The standard InChI is InChI=1S/C16H20BrN3/c1-16(2,3)18-8-7-14-19-13-9-11-10(15(13)20-14)5-4-6-12(11)17/h4-6,18H,7-9H2,1-3H3,(H,19,20). The maximum absolute atomic E-state index is 4.78. The molecular formula is C16H20BrN3. The molecule has 2 N–H and O–H groups in total. The molecule has 0 bridgehead atoms. The van der Waals surface area contributed by atoms with Gasteiger partial charge in [-0.25, -0.2) is 4.98 Å². The van der Waals surface area contributed by atoms with Gasteiger partial charge in [-0.1, -0.05) is 28.1 Å². The topological polar surface area (TPSA) is 40.7 Å². The fourth-order valence-corrected chi connectivity index (χ4v) is 3.13. The first-order valence-corrected chi connectivity index (χ1v) is 7.84. The van der Waals surface area contributed by atoms with Crippen LogP contribution in [0.1, 0.15) is 37.9 Å². The first kappa shape index (κ1) is 13.8. The molecule has 0 saturated heterocycles. The second-order valence-corrected chi connectivity index (χ2v) is 7.23. The average molecular weight is 334 g/mol. The second kappa shape index (κ2) is 5.01. The highest BCUT2D eigenvalue weighted by Crippen LogP contribution is 2.38. The van der Waals surface area contributed by atoms with Crippen LogP contribution in [0.2, 0.25) is 0 Å². The molecular weight excluding hydrogens is 314 g/mol. The third kappa shape index (κ3) is 2.67. The number of nitrogens with one attached hydrogen (secondary N) is 2. The Morgan fingerprint density at radius 3 is 2.90 bits per heavy atom. The Bertz CT molecular complexity index is 638. The van der Waals surface area contributed by atoms with E-state index in [0.717, 1.165) is 30.9 Å². The summed E-state index contributed by atoms with van der Waals surface area (Å²) in [5.74, 6) is 1.08. The molecule has 1 aromatic carbocycles. The third-order valence-corrected chi connectivity index (χ3v) is 4.32. The van der Waals surface area contributed by atoms with Crippen LogP contribution in [0, 0.1) is 0 Å². The highest BCUT2D eigenvalue weighted by molar-refractivity contribution is 9.10. The summed E-state index contributed by atoms with van der Waals surface area (Å²) < 4.78 is 1.18. The quantitative estimate of drug-likeness (QED) is 0.767. The van der Waals surface area contributed by atoms with Crippen molar-refractivity contribution in [1.82, 2.24) is 15.3 Å². The van der Waals surface area contributed by atoms with Crippen molar-refractivity contribution < 1.29 is 0 Å². The molecule has 0 atom stereocenters. The molecule has 0 fully saturated rings. The average Bonchev–Trinajstić information content (AvgIpc) is 2.86. The molecule has 0 radical (unpaired) electrons. The largest absolute Gasteiger partial charge is 0.345 e. The van der Waals surface area contributed by atoms with Crippen molar-refractivity contribution in [2.45, 2.75) is 39.2 Å². The third-order valence-electron chi connectivity index (χ3n) is 3.57. The Labute approximate surface area is 128 Å². The fraction of sp³-hybridized carbons (Fsp3) is 0.438. The van der Waals surface area contributed by atoms with Crippen molar-refractivity contribution in [3.8, 4) is 11.3 Å². The maximum Gasteiger partial charge on any atom is 0.108 e. The van der Waals surface area contributed by atoms with Gasteiger partial charge in [0, 0.05) is 40.7 Å². The smallest absolute Gasteiger partial charge is 0.108 e. The minimum Gasteiger partial charge on any atom is -0.345 e. The lowest BCUT2D eigenvalue weighted by molar-refractivity contribution is 0.427. The van der Waals surface area contributed by atoms with E-state index in [0.29, 0.717) is 0 Å². The van der Waals surface area contributed by atoms with Gasteiger partial charge in [0.2, 0.25) is 0 Å². The fourth-order valence-electron chi connectivity index (χ4n) is 2.63. The number of benzene rings is 1. The number of aromatic amines is 1. The number of halogens is 1. The zero-order valence-electron chi connectivity index (χ0n) is 12.2. The van der Waals surface area contributed by atoms with E-state index < -0.39 is 0 Å². The van der Waals surface area contributed by atoms with Crippen LogP contribution in [-0.4, -0.2) is 22.1 Å². The molecule has 4 heteroatoms. The molecule has 1 heterocycles. The highest BCUT2D eigenvalue weighted by atomic mass is 79.9. The molecule has 0 amide bonds. The number of imidazole rings is 1. The van der Waals surface area contributed by atoms with Crippen molar-refractivity contribution in [3.63, 3.8) is 0 Å². The van der Waals surface area contributed by atoms with Gasteiger partial charge >= 0.3 is 0 Å². The molecule has 3 nitrogen and oxygen atoms in total. The van der Waals surface area contributed by atoms with E-state index in [1.54, 1.807) is 0 Å². The Morgan fingerprint density at radius 1 is 1.35 bits per heavy atom. The van der Waals surface area contributed by atoms with Crippen molar-refractivity contribution in [2.75, 3.05) is 6.54 Å². The molecule has 1 aliphatic rings. The Kier molecular flexibility index (Phi) is 3.46. The number of fused-ring (bicyclic) bond motifs is 3. The highest BCUT2D eigenvalue weighted by Gasteiger charge is 2.24. The van der Waals surface area contributed by atoms with E-state index in [1.807, 2.05) is 0 Å². The van der Waals surface area contributed by atoms with E-state index in [9.17, 15) is 0 Å². The van der Waals surface area contributed by atoms with Gasteiger partial charge < -0.3 is 10.3 Å².